The van der Waals surface area contributed by atoms with Gasteiger partial charge in [0, 0.05) is 30.7 Å². The molecular weight excluding hydrogens is 198 g/mol. The Labute approximate surface area is 97.2 Å². The summed E-state index contributed by atoms with van der Waals surface area (Å²) in [4.78, 5) is 8.33. The second kappa shape index (κ2) is 6.77. The van der Waals surface area contributed by atoms with Crippen molar-refractivity contribution in [3.63, 3.8) is 0 Å². The lowest BCUT2D eigenvalue weighted by Gasteiger charge is -1.93. The highest BCUT2D eigenvalue weighted by Gasteiger charge is 1.99. The average molecular weight is 217 g/mol. The van der Waals surface area contributed by atoms with Gasteiger partial charge in [0.2, 0.25) is 0 Å². The second-order valence-corrected chi connectivity index (χ2v) is 3.54. The molecule has 0 saturated carbocycles. The van der Waals surface area contributed by atoms with Crippen LogP contribution < -0.4 is 0 Å². The van der Waals surface area contributed by atoms with E-state index in [-0.39, 0.29) is 0 Å². The number of imidazole rings is 1. The van der Waals surface area contributed by atoms with Gasteiger partial charge >= 0.3 is 0 Å². The van der Waals surface area contributed by atoms with Crippen LogP contribution in [-0.4, -0.2) is 14.5 Å². The molecule has 2 aromatic rings. The first-order chi connectivity index (χ1) is 7.81. The molecular formula is C13H19N3. The van der Waals surface area contributed by atoms with Crippen molar-refractivity contribution in [3.8, 4) is 11.3 Å². The van der Waals surface area contributed by atoms with Crippen LogP contribution >= 0.6 is 0 Å². The zero-order valence-corrected chi connectivity index (χ0v) is 10.2. The Hall–Kier alpha value is -1.64. The highest BCUT2D eigenvalue weighted by Crippen LogP contribution is 2.14. The van der Waals surface area contributed by atoms with Crippen molar-refractivity contribution in [2.45, 2.75) is 33.7 Å². The molecule has 0 bridgehead atoms. The maximum Gasteiger partial charge on any atom is 0.0953 e. The lowest BCUT2D eigenvalue weighted by atomic mass is 10.2. The smallest absolute Gasteiger partial charge is 0.0953 e. The molecule has 2 heterocycles. The molecule has 2 aromatic heterocycles. The zero-order valence-electron chi connectivity index (χ0n) is 10.2. The summed E-state index contributed by atoms with van der Waals surface area (Å²) in [6, 6.07) is 3.93. The molecule has 0 saturated heterocycles. The van der Waals surface area contributed by atoms with E-state index in [9.17, 15) is 0 Å². The van der Waals surface area contributed by atoms with Gasteiger partial charge in [-0.1, -0.05) is 20.3 Å². The molecule has 0 aliphatic heterocycles. The Balaban J connectivity index is 0.000000386. The Bertz CT molecular complexity index is 393. The van der Waals surface area contributed by atoms with E-state index >= 15 is 0 Å². The molecule has 0 amide bonds. The Morgan fingerprint density at radius 2 is 2.00 bits per heavy atom. The Morgan fingerprint density at radius 1 is 1.25 bits per heavy atom. The predicted molar refractivity (Wildman–Crippen MR) is 67.1 cm³/mol. The summed E-state index contributed by atoms with van der Waals surface area (Å²) in [5.74, 6) is 0. The standard InChI is InChI=1S/C10H11N3.C3H8/c1-2-13-7-10(12-8-13)9-4-3-5-11-6-9;1-3-2/h3-8H,2H2,1H3;3H2,1-2H3. The molecule has 2 rings (SSSR count). The van der Waals surface area contributed by atoms with E-state index in [1.165, 1.54) is 6.42 Å². The lowest BCUT2D eigenvalue weighted by molar-refractivity contribution is 0.762. The Kier molecular flexibility index (Phi) is 5.26. The highest BCUT2D eigenvalue weighted by molar-refractivity contribution is 5.56. The normalized spacial score (nSPS) is 9.44. The second-order valence-electron chi connectivity index (χ2n) is 3.54. The van der Waals surface area contributed by atoms with Crippen LogP contribution in [0.3, 0.4) is 0 Å². The third-order valence-electron chi connectivity index (χ3n) is 1.96. The fraction of sp³-hybridized carbons (Fsp3) is 0.385. The number of aryl methyl sites for hydroxylation is 1. The third-order valence-corrected chi connectivity index (χ3v) is 1.96. The van der Waals surface area contributed by atoms with Gasteiger partial charge in [-0.15, -0.1) is 0 Å². The van der Waals surface area contributed by atoms with Crippen LogP contribution in [0.4, 0.5) is 0 Å². The van der Waals surface area contributed by atoms with Gasteiger partial charge in [-0.2, -0.15) is 0 Å². The number of hydrogen-bond acceptors (Lipinski definition) is 2. The van der Waals surface area contributed by atoms with Gasteiger partial charge in [-0.3, -0.25) is 4.98 Å². The minimum absolute atomic E-state index is 0.952. The molecule has 0 fully saturated rings. The molecule has 0 radical (unpaired) electrons. The van der Waals surface area contributed by atoms with Crippen LogP contribution in [0.1, 0.15) is 27.2 Å². The van der Waals surface area contributed by atoms with Crippen LogP contribution in [0.15, 0.2) is 37.1 Å². The van der Waals surface area contributed by atoms with E-state index in [1.807, 2.05) is 35.4 Å². The molecule has 0 atom stereocenters. The first-order valence-corrected chi connectivity index (χ1v) is 5.73. The van der Waals surface area contributed by atoms with Gasteiger partial charge in [0.1, 0.15) is 0 Å². The van der Waals surface area contributed by atoms with Gasteiger partial charge in [-0.05, 0) is 19.1 Å². The summed E-state index contributed by atoms with van der Waals surface area (Å²) < 4.78 is 2.04. The van der Waals surface area contributed by atoms with Crippen molar-refractivity contribution in [2.75, 3.05) is 0 Å². The summed E-state index contributed by atoms with van der Waals surface area (Å²) >= 11 is 0. The summed E-state index contributed by atoms with van der Waals surface area (Å²) in [5, 5.41) is 0. The van der Waals surface area contributed by atoms with Crippen molar-refractivity contribution in [1.82, 2.24) is 14.5 Å². The summed E-state index contributed by atoms with van der Waals surface area (Å²) in [7, 11) is 0. The van der Waals surface area contributed by atoms with Gasteiger partial charge < -0.3 is 4.57 Å². The molecule has 0 N–H and O–H groups in total. The minimum atomic E-state index is 0.952. The van der Waals surface area contributed by atoms with Crippen LogP contribution in [0.2, 0.25) is 0 Å². The number of rotatable bonds is 2. The molecule has 86 valence electrons. The topological polar surface area (TPSA) is 30.7 Å². The monoisotopic (exact) mass is 217 g/mol. The van der Waals surface area contributed by atoms with Crippen LogP contribution in [-0.2, 0) is 6.54 Å². The molecule has 3 nitrogen and oxygen atoms in total. The van der Waals surface area contributed by atoms with E-state index in [0.717, 1.165) is 17.8 Å². The number of nitrogens with zero attached hydrogens (tertiary/aromatic N) is 3. The van der Waals surface area contributed by atoms with Gasteiger partial charge in [0.05, 0.1) is 12.0 Å². The maximum atomic E-state index is 4.28. The molecule has 0 unspecified atom stereocenters. The summed E-state index contributed by atoms with van der Waals surface area (Å²) in [6.07, 6.45) is 8.70. The molecule has 16 heavy (non-hydrogen) atoms. The quantitative estimate of drug-likeness (QED) is 0.772. The van der Waals surface area contributed by atoms with E-state index in [1.54, 1.807) is 6.20 Å². The SMILES string of the molecule is CCC.CCn1cnc(-c2cccnc2)c1. The number of hydrogen-bond donors (Lipinski definition) is 0. The summed E-state index contributed by atoms with van der Waals surface area (Å²) in [5.41, 5.74) is 2.05. The molecule has 0 spiro atoms. The zero-order chi connectivity index (χ0) is 11.8. The van der Waals surface area contributed by atoms with Crippen molar-refractivity contribution >= 4 is 0 Å². The van der Waals surface area contributed by atoms with E-state index in [0.29, 0.717) is 0 Å². The first kappa shape index (κ1) is 12.4. The number of aromatic nitrogens is 3. The van der Waals surface area contributed by atoms with Crippen molar-refractivity contribution in [3.05, 3.63) is 37.1 Å². The molecule has 0 aromatic carbocycles. The lowest BCUT2D eigenvalue weighted by Crippen LogP contribution is -1.86. The van der Waals surface area contributed by atoms with Gasteiger partial charge in [0.15, 0.2) is 0 Å². The molecule has 0 aliphatic rings. The van der Waals surface area contributed by atoms with Crippen molar-refractivity contribution < 1.29 is 0 Å². The van der Waals surface area contributed by atoms with Crippen molar-refractivity contribution in [2.24, 2.45) is 0 Å². The molecule has 3 heteroatoms. The summed E-state index contributed by atoms with van der Waals surface area (Å²) in [6.45, 7) is 7.29. The van der Waals surface area contributed by atoms with Crippen molar-refractivity contribution in [1.29, 1.82) is 0 Å². The number of pyridine rings is 1. The maximum absolute atomic E-state index is 4.28. The Morgan fingerprint density at radius 3 is 2.50 bits per heavy atom. The average Bonchev–Trinajstić information content (AvgIpc) is 2.80. The van der Waals surface area contributed by atoms with Crippen LogP contribution in [0.25, 0.3) is 11.3 Å². The fourth-order valence-corrected chi connectivity index (χ4v) is 1.20. The highest BCUT2D eigenvalue weighted by atomic mass is 15.0. The van der Waals surface area contributed by atoms with E-state index < -0.39 is 0 Å². The van der Waals surface area contributed by atoms with E-state index in [2.05, 4.69) is 30.7 Å². The fourth-order valence-electron chi connectivity index (χ4n) is 1.20. The van der Waals surface area contributed by atoms with Gasteiger partial charge in [0.25, 0.3) is 0 Å². The van der Waals surface area contributed by atoms with E-state index in [4.69, 9.17) is 0 Å². The van der Waals surface area contributed by atoms with Crippen LogP contribution in [0, 0.1) is 0 Å². The third kappa shape index (κ3) is 3.50. The largest absolute Gasteiger partial charge is 0.337 e. The van der Waals surface area contributed by atoms with Gasteiger partial charge in [-0.25, -0.2) is 4.98 Å². The minimum Gasteiger partial charge on any atom is -0.337 e. The predicted octanol–water partition coefficient (Wildman–Crippen LogP) is 3.38. The first-order valence-electron chi connectivity index (χ1n) is 5.73. The molecule has 0 aliphatic carbocycles. The van der Waals surface area contributed by atoms with Crippen LogP contribution in [0.5, 0.6) is 0 Å².